The summed E-state index contributed by atoms with van der Waals surface area (Å²) in [6.45, 7) is 4.27. The highest BCUT2D eigenvalue weighted by molar-refractivity contribution is 7.99. The molecule has 1 amide bonds. The predicted molar refractivity (Wildman–Crippen MR) is 112 cm³/mol. The molecule has 2 rings (SSSR count). The molecular formula is C21H24F3N3OS. The number of carbonyl (C=O) groups excluding carboxylic acids is 1. The normalized spacial score (nSPS) is 11.7. The van der Waals surface area contributed by atoms with Gasteiger partial charge < -0.3 is 10.6 Å². The molecule has 29 heavy (non-hydrogen) atoms. The number of hydrogen-bond acceptors (Lipinski definition) is 4. The van der Waals surface area contributed by atoms with Crippen LogP contribution >= 0.6 is 11.8 Å². The fourth-order valence-electron chi connectivity index (χ4n) is 2.58. The Morgan fingerprint density at radius 2 is 2.00 bits per heavy atom. The minimum Gasteiger partial charge on any atom is -0.388 e. The van der Waals surface area contributed by atoms with E-state index in [-0.39, 0.29) is 10.9 Å². The highest BCUT2D eigenvalue weighted by Crippen LogP contribution is 2.31. The number of aromatic nitrogens is 1. The van der Waals surface area contributed by atoms with E-state index in [1.54, 1.807) is 0 Å². The second-order valence-electron chi connectivity index (χ2n) is 6.39. The van der Waals surface area contributed by atoms with Gasteiger partial charge in [-0.25, -0.2) is 4.98 Å². The van der Waals surface area contributed by atoms with Gasteiger partial charge in [-0.15, -0.1) is 11.8 Å². The highest BCUT2D eigenvalue weighted by Gasteiger charge is 2.32. The Hall–Kier alpha value is -2.48. The number of alkyl halides is 3. The Morgan fingerprint density at radius 1 is 1.24 bits per heavy atom. The van der Waals surface area contributed by atoms with Crippen LogP contribution in [-0.4, -0.2) is 23.7 Å². The number of aryl methyl sites for hydroxylation is 1. The summed E-state index contributed by atoms with van der Waals surface area (Å²) in [5, 5.41) is 6.13. The molecule has 1 aromatic carbocycles. The minimum absolute atomic E-state index is 0.268. The SMILES string of the molecule is CCCSc1nc(C(F)(F)F)ccc1/C=C/C(=O)NCc1ccc(NC)c(C)c1. The maximum Gasteiger partial charge on any atom is 0.433 e. The van der Waals surface area contributed by atoms with Crippen molar-refractivity contribution in [2.75, 3.05) is 18.1 Å². The Balaban J connectivity index is 2.07. The number of halogens is 3. The number of thioether (sulfide) groups is 1. The van der Waals surface area contributed by atoms with E-state index in [9.17, 15) is 18.0 Å². The standard InChI is InChI=1S/C21H24F3N3OS/c1-4-11-29-20-16(6-9-18(27-20)21(22,23)24)7-10-19(28)26-13-15-5-8-17(25-3)14(2)12-15/h5-10,12,25H,4,11,13H2,1-3H3,(H,26,28)/b10-7+. The highest BCUT2D eigenvalue weighted by atomic mass is 32.2. The molecule has 1 aromatic heterocycles. The summed E-state index contributed by atoms with van der Waals surface area (Å²) in [4.78, 5) is 15.9. The second kappa shape index (κ2) is 10.3. The van der Waals surface area contributed by atoms with E-state index in [0.717, 1.165) is 29.3 Å². The van der Waals surface area contributed by atoms with E-state index < -0.39 is 11.9 Å². The van der Waals surface area contributed by atoms with Gasteiger partial charge in [0.1, 0.15) is 10.7 Å². The van der Waals surface area contributed by atoms with Gasteiger partial charge in [0.15, 0.2) is 0 Å². The van der Waals surface area contributed by atoms with Crippen molar-refractivity contribution >= 4 is 29.4 Å². The smallest absolute Gasteiger partial charge is 0.388 e. The Labute approximate surface area is 173 Å². The van der Waals surface area contributed by atoms with Crippen molar-refractivity contribution in [2.45, 2.75) is 38.0 Å². The number of anilines is 1. The lowest BCUT2D eigenvalue weighted by molar-refractivity contribution is -0.141. The number of pyridine rings is 1. The van der Waals surface area contributed by atoms with Gasteiger partial charge in [-0.1, -0.05) is 25.1 Å². The fraction of sp³-hybridized carbons (Fsp3) is 0.333. The quantitative estimate of drug-likeness (QED) is 0.448. The molecule has 0 spiro atoms. The van der Waals surface area contributed by atoms with Crippen LogP contribution in [0.5, 0.6) is 0 Å². The molecule has 0 saturated heterocycles. The van der Waals surface area contributed by atoms with Crippen LogP contribution in [0.3, 0.4) is 0 Å². The molecule has 8 heteroatoms. The van der Waals surface area contributed by atoms with Crippen LogP contribution in [0, 0.1) is 6.92 Å². The van der Waals surface area contributed by atoms with Gasteiger partial charge in [0, 0.05) is 30.9 Å². The first-order valence-corrected chi connectivity index (χ1v) is 10.2. The number of carbonyl (C=O) groups is 1. The van der Waals surface area contributed by atoms with Crippen LogP contribution in [-0.2, 0) is 17.5 Å². The summed E-state index contributed by atoms with van der Waals surface area (Å²) in [7, 11) is 1.84. The average molecular weight is 424 g/mol. The third kappa shape index (κ3) is 6.81. The van der Waals surface area contributed by atoms with Crippen molar-refractivity contribution in [1.82, 2.24) is 10.3 Å². The molecule has 0 aliphatic rings. The van der Waals surface area contributed by atoms with Gasteiger partial charge in [-0.2, -0.15) is 13.2 Å². The summed E-state index contributed by atoms with van der Waals surface area (Å²) >= 11 is 1.24. The molecule has 0 fully saturated rings. The maximum absolute atomic E-state index is 12.9. The van der Waals surface area contributed by atoms with Crippen LogP contribution in [0.4, 0.5) is 18.9 Å². The second-order valence-corrected chi connectivity index (χ2v) is 7.47. The van der Waals surface area contributed by atoms with Gasteiger partial charge in [-0.05, 0) is 48.4 Å². The van der Waals surface area contributed by atoms with Crippen molar-refractivity contribution in [1.29, 1.82) is 0 Å². The molecule has 2 N–H and O–H groups in total. The zero-order valence-corrected chi connectivity index (χ0v) is 17.4. The van der Waals surface area contributed by atoms with Gasteiger partial charge in [-0.3, -0.25) is 4.79 Å². The summed E-state index contributed by atoms with van der Waals surface area (Å²) in [5.74, 6) is 0.315. The Bertz CT molecular complexity index is 882. The molecule has 0 unspecified atom stereocenters. The maximum atomic E-state index is 12.9. The van der Waals surface area contributed by atoms with Crippen molar-refractivity contribution in [3.8, 4) is 0 Å². The van der Waals surface area contributed by atoms with E-state index in [1.165, 1.54) is 30.0 Å². The van der Waals surface area contributed by atoms with Crippen molar-refractivity contribution < 1.29 is 18.0 Å². The summed E-state index contributed by atoms with van der Waals surface area (Å²) < 4.78 is 38.7. The fourth-order valence-corrected chi connectivity index (χ4v) is 3.44. The van der Waals surface area contributed by atoms with Gasteiger partial charge in [0.2, 0.25) is 5.91 Å². The number of hydrogen-bond donors (Lipinski definition) is 2. The number of amides is 1. The van der Waals surface area contributed by atoms with Crippen LogP contribution in [0.15, 0.2) is 41.4 Å². The lowest BCUT2D eigenvalue weighted by atomic mass is 10.1. The van der Waals surface area contributed by atoms with Crippen molar-refractivity contribution in [2.24, 2.45) is 0 Å². The molecule has 0 aliphatic carbocycles. The Morgan fingerprint density at radius 3 is 2.62 bits per heavy atom. The molecule has 0 atom stereocenters. The number of nitrogens with one attached hydrogen (secondary N) is 2. The third-order valence-corrected chi connectivity index (χ3v) is 5.28. The zero-order valence-electron chi connectivity index (χ0n) is 16.6. The largest absolute Gasteiger partial charge is 0.433 e. The molecule has 0 saturated carbocycles. The van der Waals surface area contributed by atoms with E-state index in [2.05, 4.69) is 15.6 Å². The summed E-state index contributed by atoms with van der Waals surface area (Å²) in [5.41, 5.74) is 2.60. The van der Waals surface area contributed by atoms with Gasteiger partial charge in [0.05, 0.1) is 0 Å². The predicted octanol–water partition coefficient (Wildman–Crippen LogP) is 5.28. The molecule has 156 valence electrons. The number of rotatable bonds is 8. The number of benzene rings is 1. The molecule has 2 aromatic rings. The first-order valence-electron chi connectivity index (χ1n) is 9.18. The monoisotopic (exact) mass is 423 g/mol. The van der Waals surface area contributed by atoms with Crippen molar-refractivity contribution in [3.63, 3.8) is 0 Å². The van der Waals surface area contributed by atoms with Crippen molar-refractivity contribution in [3.05, 3.63) is 58.8 Å². The summed E-state index contributed by atoms with van der Waals surface area (Å²) in [6, 6.07) is 8.12. The Kier molecular flexibility index (Phi) is 8.13. The summed E-state index contributed by atoms with van der Waals surface area (Å²) in [6.07, 6.45) is -0.884. The molecule has 0 radical (unpaired) electrons. The molecule has 4 nitrogen and oxygen atoms in total. The lowest BCUT2D eigenvalue weighted by Gasteiger charge is -2.10. The van der Waals surface area contributed by atoms with Crippen LogP contribution in [0.2, 0.25) is 0 Å². The van der Waals surface area contributed by atoms with E-state index >= 15 is 0 Å². The van der Waals surface area contributed by atoms with E-state index in [1.807, 2.05) is 39.1 Å². The lowest BCUT2D eigenvalue weighted by Crippen LogP contribution is -2.20. The molecular weight excluding hydrogens is 399 g/mol. The number of nitrogens with zero attached hydrogens (tertiary/aromatic N) is 1. The van der Waals surface area contributed by atoms with E-state index in [0.29, 0.717) is 17.9 Å². The van der Waals surface area contributed by atoms with Gasteiger partial charge in [0.25, 0.3) is 0 Å². The zero-order chi connectivity index (χ0) is 21.4. The minimum atomic E-state index is -4.50. The third-order valence-electron chi connectivity index (χ3n) is 4.06. The van der Waals surface area contributed by atoms with Crippen LogP contribution in [0.25, 0.3) is 6.08 Å². The molecule has 0 bridgehead atoms. The first kappa shape index (κ1) is 22.8. The molecule has 1 heterocycles. The van der Waals surface area contributed by atoms with Gasteiger partial charge >= 0.3 is 6.18 Å². The van der Waals surface area contributed by atoms with Crippen LogP contribution < -0.4 is 10.6 Å². The van der Waals surface area contributed by atoms with E-state index in [4.69, 9.17) is 0 Å². The van der Waals surface area contributed by atoms with Crippen LogP contribution in [0.1, 0.15) is 35.7 Å². The topological polar surface area (TPSA) is 54.0 Å². The molecule has 0 aliphatic heterocycles. The average Bonchev–Trinajstić information content (AvgIpc) is 2.68. The first-order chi connectivity index (χ1) is 13.7.